The number of nitrogens with zero attached hydrogens (tertiary/aromatic N) is 5. The molecule has 2 amide bonds. The van der Waals surface area contributed by atoms with Crippen LogP contribution >= 0.6 is 11.8 Å². The van der Waals surface area contributed by atoms with Gasteiger partial charge in [0.1, 0.15) is 5.54 Å². The van der Waals surface area contributed by atoms with Crippen LogP contribution in [-0.4, -0.2) is 54.3 Å². The van der Waals surface area contributed by atoms with Crippen LogP contribution in [0, 0.1) is 12.3 Å². The maximum Gasteiger partial charge on any atom is 0.231 e. The molecule has 1 fully saturated rings. The summed E-state index contributed by atoms with van der Waals surface area (Å²) in [5.41, 5.74) is 0.158. The highest BCUT2D eigenvalue weighted by atomic mass is 32.2. The van der Waals surface area contributed by atoms with Gasteiger partial charge in [0, 0.05) is 19.2 Å². The molecule has 1 saturated heterocycles. The summed E-state index contributed by atoms with van der Waals surface area (Å²) in [4.78, 5) is 31.2. The molecule has 170 valence electrons. The topological polar surface area (TPSA) is 93.0 Å². The van der Waals surface area contributed by atoms with E-state index in [4.69, 9.17) is 6.42 Å². The number of hydrogen-bond donors (Lipinski definition) is 1. The third kappa shape index (κ3) is 5.68. The van der Waals surface area contributed by atoms with Gasteiger partial charge >= 0.3 is 0 Å². The predicted octanol–water partition coefficient (Wildman–Crippen LogP) is 2.97. The third-order valence-electron chi connectivity index (χ3n) is 5.80. The Hall–Kier alpha value is -2.86. The highest BCUT2D eigenvalue weighted by molar-refractivity contribution is 7.99. The van der Waals surface area contributed by atoms with Crippen molar-refractivity contribution in [2.24, 2.45) is 0 Å². The summed E-state index contributed by atoms with van der Waals surface area (Å²) in [5.74, 6) is 3.52. The zero-order chi connectivity index (χ0) is 23.0. The average molecular weight is 455 g/mol. The molecule has 2 aromatic heterocycles. The zero-order valence-electron chi connectivity index (χ0n) is 18.7. The Morgan fingerprint density at radius 3 is 2.78 bits per heavy atom. The lowest BCUT2D eigenvalue weighted by Gasteiger charge is -2.26. The number of amides is 2. The molecule has 2 aromatic rings. The maximum absolute atomic E-state index is 12.6. The zero-order valence-corrected chi connectivity index (χ0v) is 19.5. The molecule has 3 heterocycles. The SMILES string of the molecule is C#CC(CC)(CC)NC(=O)CSc1nnc(CN2CCCCCC2=O)n1-c1cccnc1. The van der Waals surface area contributed by atoms with Gasteiger partial charge in [-0.1, -0.05) is 38.0 Å². The number of rotatable bonds is 9. The summed E-state index contributed by atoms with van der Waals surface area (Å²) in [6, 6.07) is 3.74. The number of aromatic nitrogens is 4. The first-order valence-electron chi connectivity index (χ1n) is 11.1. The van der Waals surface area contributed by atoms with Gasteiger partial charge in [-0.25, -0.2) is 0 Å². The number of thioether (sulfide) groups is 1. The largest absolute Gasteiger partial charge is 0.339 e. The Balaban J connectivity index is 1.80. The smallest absolute Gasteiger partial charge is 0.231 e. The van der Waals surface area contributed by atoms with Crippen LogP contribution in [0.1, 0.15) is 58.2 Å². The van der Waals surface area contributed by atoms with E-state index < -0.39 is 5.54 Å². The van der Waals surface area contributed by atoms with Crippen LogP contribution in [0.2, 0.25) is 0 Å². The van der Waals surface area contributed by atoms with E-state index in [2.05, 4.69) is 26.4 Å². The van der Waals surface area contributed by atoms with Gasteiger partial charge in [-0.05, 0) is 37.8 Å². The van der Waals surface area contributed by atoms with Crippen molar-refractivity contribution in [2.75, 3.05) is 12.3 Å². The fourth-order valence-electron chi connectivity index (χ4n) is 3.72. The van der Waals surface area contributed by atoms with Gasteiger partial charge in [-0.15, -0.1) is 16.6 Å². The lowest BCUT2D eigenvalue weighted by Crippen LogP contribution is -2.47. The van der Waals surface area contributed by atoms with Crippen LogP contribution in [0.15, 0.2) is 29.7 Å². The molecular weight excluding hydrogens is 424 g/mol. The van der Waals surface area contributed by atoms with E-state index in [1.54, 1.807) is 12.4 Å². The van der Waals surface area contributed by atoms with E-state index in [1.807, 2.05) is 35.4 Å². The lowest BCUT2D eigenvalue weighted by atomic mass is 9.94. The second-order valence-corrected chi connectivity index (χ2v) is 8.78. The summed E-state index contributed by atoms with van der Waals surface area (Å²) in [6.45, 7) is 5.02. The average Bonchev–Trinajstić information content (AvgIpc) is 3.11. The normalized spacial score (nSPS) is 14.7. The Morgan fingerprint density at radius 2 is 2.09 bits per heavy atom. The predicted molar refractivity (Wildman–Crippen MR) is 124 cm³/mol. The van der Waals surface area contributed by atoms with E-state index in [1.165, 1.54) is 11.8 Å². The number of carbonyl (C=O) groups excluding carboxylic acids is 2. The van der Waals surface area contributed by atoms with Gasteiger partial charge in [0.25, 0.3) is 0 Å². The molecule has 0 unspecified atom stereocenters. The minimum absolute atomic E-state index is 0.140. The third-order valence-corrected chi connectivity index (χ3v) is 6.73. The molecule has 1 N–H and O–H groups in total. The minimum Gasteiger partial charge on any atom is -0.339 e. The van der Waals surface area contributed by atoms with Crippen molar-refractivity contribution < 1.29 is 9.59 Å². The molecule has 1 aliphatic rings. The van der Waals surface area contributed by atoms with Crippen molar-refractivity contribution >= 4 is 23.6 Å². The number of hydrogen-bond acceptors (Lipinski definition) is 6. The number of nitrogens with one attached hydrogen (secondary N) is 1. The maximum atomic E-state index is 12.6. The van der Waals surface area contributed by atoms with Crippen molar-refractivity contribution in [3.8, 4) is 18.0 Å². The van der Waals surface area contributed by atoms with E-state index >= 15 is 0 Å². The second-order valence-electron chi connectivity index (χ2n) is 7.84. The molecule has 0 radical (unpaired) electrons. The monoisotopic (exact) mass is 454 g/mol. The van der Waals surface area contributed by atoms with E-state index in [0.29, 0.717) is 43.3 Å². The molecule has 1 aliphatic heterocycles. The fraction of sp³-hybridized carbons (Fsp3) is 0.522. The van der Waals surface area contributed by atoms with Crippen molar-refractivity contribution in [3.05, 3.63) is 30.4 Å². The minimum atomic E-state index is -0.632. The van der Waals surface area contributed by atoms with Crippen LogP contribution in [0.4, 0.5) is 0 Å². The molecule has 0 bridgehead atoms. The molecule has 32 heavy (non-hydrogen) atoms. The van der Waals surface area contributed by atoms with Crippen molar-refractivity contribution in [3.63, 3.8) is 0 Å². The van der Waals surface area contributed by atoms with Crippen LogP contribution in [0.3, 0.4) is 0 Å². The first kappa shape index (κ1) is 23.8. The highest BCUT2D eigenvalue weighted by Gasteiger charge is 2.26. The van der Waals surface area contributed by atoms with Gasteiger partial charge in [-0.2, -0.15) is 0 Å². The van der Waals surface area contributed by atoms with Crippen molar-refractivity contribution in [1.29, 1.82) is 0 Å². The summed E-state index contributed by atoms with van der Waals surface area (Å²) < 4.78 is 1.87. The van der Waals surface area contributed by atoms with Gasteiger partial charge in [0.15, 0.2) is 11.0 Å². The van der Waals surface area contributed by atoms with E-state index in [-0.39, 0.29) is 17.6 Å². The lowest BCUT2D eigenvalue weighted by molar-refractivity contribution is -0.131. The highest BCUT2D eigenvalue weighted by Crippen LogP contribution is 2.24. The Labute approximate surface area is 193 Å². The quantitative estimate of drug-likeness (QED) is 0.463. The van der Waals surface area contributed by atoms with Crippen molar-refractivity contribution in [1.82, 2.24) is 30.0 Å². The number of carbonyl (C=O) groups is 2. The summed E-state index contributed by atoms with van der Waals surface area (Å²) in [6.07, 6.45) is 13.9. The second kappa shape index (κ2) is 11.1. The molecule has 0 atom stereocenters. The molecule has 8 nitrogen and oxygen atoms in total. The van der Waals surface area contributed by atoms with Crippen LogP contribution < -0.4 is 5.32 Å². The van der Waals surface area contributed by atoms with Gasteiger partial charge in [0.05, 0.1) is 24.2 Å². The van der Waals surface area contributed by atoms with E-state index in [0.717, 1.165) is 24.9 Å². The molecule has 0 spiro atoms. The Kier molecular flexibility index (Phi) is 8.28. The van der Waals surface area contributed by atoms with Crippen molar-refractivity contribution in [2.45, 2.75) is 69.6 Å². The molecule has 3 rings (SSSR count). The molecule has 0 aromatic carbocycles. The molecular formula is C23H30N6O2S. The number of likely N-dealkylation sites (tertiary alicyclic amines) is 1. The molecule has 9 heteroatoms. The van der Waals surface area contributed by atoms with Crippen LogP contribution in [0.25, 0.3) is 5.69 Å². The fourth-order valence-corrected chi connectivity index (χ4v) is 4.49. The van der Waals surface area contributed by atoms with Crippen LogP contribution in [0.5, 0.6) is 0 Å². The number of pyridine rings is 1. The van der Waals surface area contributed by atoms with E-state index in [9.17, 15) is 9.59 Å². The summed E-state index contributed by atoms with van der Waals surface area (Å²) >= 11 is 1.29. The molecule has 0 aliphatic carbocycles. The number of terminal acetylenes is 1. The summed E-state index contributed by atoms with van der Waals surface area (Å²) in [5, 5.41) is 12.2. The van der Waals surface area contributed by atoms with Gasteiger partial charge < -0.3 is 10.2 Å². The first-order chi connectivity index (χ1) is 15.5. The van der Waals surface area contributed by atoms with Crippen LogP contribution in [-0.2, 0) is 16.1 Å². The van der Waals surface area contributed by atoms with Gasteiger partial charge in [0.2, 0.25) is 11.8 Å². The standard InChI is InChI=1S/C23H30N6O2S/c1-4-23(5-2,6-3)25-20(30)17-32-22-27-26-19(29(22)18-11-10-13-24-15-18)16-28-14-9-7-8-12-21(28)31/h1,10-11,13,15H,5-9,12,14,16-17H2,2-3H3,(H,25,30). The van der Waals surface area contributed by atoms with Gasteiger partial charge in [-0.3, -0.25) is 19.1 Å². The summed E-state index contributed by atoms with van der Waals surface area (Å²) in [7, 11) is 0. The Bertz CT molecular complexity index is 965. The Morgan fingerprint density at radius 1 is 1.28 bits per heavy atom. The first-order valence-corrected chi connectivity index (χ1v) is 12.0. The molecule has 0 saturated carbocycles.